The molecule has 0 aliphatic rings. The first-order chi connectivity index (χ1) is 7.72. The lowest BCUT2D eigenvalue weighted by Gasteiger charge is -2.05. The van der Waals surface area contributed by atoms with E-state index in [1.807, 2.05) is 29.6 Å². The van der Waals surface area contributed by atoms with Crippen LogP contribution in [0.15, 0.2) is 47.1 Å². The molecule has 3 nitrogen and oxygen atoms in total. The Bertz CT molecular complexity index is 568. The molecule has 0 saturated carbocycles. The maximum atomic E-state index is 11.6. The van der Waals surface area contributed by atoms with Crippen LogP contribution in [0.5, 0.6) is 0 Å². The number of aromatic nitrogens is 1. The first kappa shape index (κ1) is 10.7. The fourth-order valence-corrected chi connectivity index (χ4v) is 2.33. The van der Waals surface area contributed by atoms with E-state index in [0.29, 0.717) is 12.2 Å². The van der Waals surface area contributed by atoms with Crippen molar-refractivity contribution >= 4 is 17.0 Å². The van der Waals surface area contributed by atoms with Crippen LogP contribution >= 0.6 is 11.3 Å². The van der Waals surface area contributed by atoms with Crippen LogP contribution in [-0.4, -0.2) is 4.57 Å². The number of hydrogen-bond acceptors (Lipinski definition) is 3. The average molecular weight is 232 g/mol. The molecule has 16 heavy (non-hydrogen) atoms. The smallest absolute Gasteiger partial charge is 0.307 e. The van der Waals surface area contributed by atoms with Gasteiger partial charge in [0.05, 0.1) is 5.69 Å². The number of hydrogen-bond donors (Lipinski definition) is 1. The minimum absolute atomic E-state index is 0.0253. The standard InChI is InChI=1S/C12H12N2OS/c1-2-6-14-11(8-16-12(14)15)9-4-3-5-10(13)7-9/h2-5,7-8H,1,6,13H2. The second-order valence-corrected chi connectivity index (χ2v) is 4.23. The molecule has 0 amide bonds. The van der Waals surface area contributed by atoms with E-state index in [2.05, 4.69) is 6.58 Å². The van der Waals surface area contributed by atoms with Crippen molar-refractivity contribution in [2.24, 2.45) is 0 Å². The fraction of sp³-hybridized carbons (Fsp3) is 0.0833. The van der Waals surface area contributed by atoms with E-state index in [1.54, 1.807) is 10.6 Å². The van der Waals surface area contributed by atoms with Gasteiger partial charge in [-0.15, -0.1) is 6.58 Å². The molecule has 0 radical (unpaired) electrons. The molecule has 1 aromatic carbocycles. The van der Waals surface area contributed by atoms with Crippen molar-refractivity contribution < 1.29 is 0 Å². The SMILES string of the molecule is C=CCn1c(-c2cccc(N)c2)csc1=O. The summed E-state index contributed by atoms with van der Waals surface area (Å²) in [6.45, 7) is 4.17. The number of rotatable bonds is 3. The van der Waals surface area contributed by atoms with Gasteiger partial charge in [0, 0.05) is 23.2 Å². The quantitative estimate of drug-likeness (QED) is 0.652. The number of nitrogens with two attached hydrogens (primary N) is 1. The van der Waals surface area contributed by atoms with Crippen LogP contribution in [0.2, 0.25) is 0 Å². The predicted molar refractivity (Wildman–Crippen MR) is 68.6 cm³/mol. The summed E-state index contributed by atoms with van der Waals surface area (Å²) in [4.78, 5) is 11.6. The Morgan fingerprint density at radius 3 is 3.00 bits per heavy atom. The van der Waals surface area contributed by atoms with Crippen molar-refractivity contribution in [1.82, 2.24) is 4.57 Å². The van der Waals surface area contributed by atoms with Gasteiger partial charge in [0.25, 0.3) is 0 Å². The van der Waals surface area contributed by atoms with Crippen LogP contribution < -0.4 is 10.6 Å². The third kappa shape index (κ3) is 1.92. The normalized spacial score (nSPS) is 10.2. The fourth-order valence-electron chi connectivity index (χ4n) is 1.56. The van der Waals surface area contributed by atoms with E-state index in [4.69, 9.17) is 5.73 Å². The van der Waals surface area contributed by atoms with Crippen LogP contribution in [0.3, 0.4) is 0 Å². The minimum atomic E-state index is 0.0253. The largest absolute Gasteiger partial charge is 0.399 e. The summed E-state index contributed by atoms with van der Waals surface area (Å²) in [5.74, 6) is 0. The van der Waals surface area contributed by atoms with Crippen molar-refractivity contribution in [3.63, 3.8) is 0 Å². The molecular weight excluding hydrogens is 220 g/mol. The first-order valence-electron chi connectivity index (χ1n) is 4.87. The van der Waals surface area contributed by atoms with E-state index >= 15 is 0 Å². The van der Waals surface area contributed by atoms with E-state index in [-0.39, 0.29) is 4.87 Å². The Labute approximate surface area is 97.5 Å². The van der Waals surface area contributed by atoms with Crippen LogP contribution in [0.1, 0.15) is 0 Å². The maximum absolute atomic E-state index is 11.6. The minimum Gasteiger partial charge on any atom is -0.399 e. The van der Waals surface area contributed by atoms with Gasteiger partial charge in [0.2, 0.25) is 0 Å². The van der Waals surface area contributed by atoms with Gasteiger partial charge in [-0.2, -0.15) is 0 Å². The van der Waals surface area contributed by atoms with Gasteiger partial charge in [-0.05, 0) is 12.1 Å². The van der Waals surface area contributed by atoms with Crippen LogP contribution in [0, 0.1) is 0 Å². The summed E-state index contributed by atoms with van der Waals surface area (Å²) in [5, 5.41) is 1.85. The molecule has 4 heteroatoms. The average Bonchev–Trinajstić information content (AvgIpc) is 2.61. The molecule has 1 heterocycles. The zero-order valence-corrected chi connectivity index (χ0v) is 9.54. The highest BCUT2D eigenvalue weighted by Gasteiger charge is 2.07. The number of anilines is 1. The molecule has 0 fully saturated rings. The molecule has 0 bridgehead atoms. The van der Waals surface area contributed by atoms with Gasteiger partial charge < -0.3 is 5.73 Å². The lowest BCUT2D eigenvalue weighted by Crippen LogP contribution is -2.12. The number of nitrogens with zero attached hydrogens (tertiary/aromatic N) is 1. The van der Waals surface area contributed by atoms with Gasteiger partial charge in [0.15, 0.2) is 0 Å². The van der Waals surface area contributed by atoms with Gasteiger partial charge >= 0.3 is 4.87 Å². The van der Waals surface area contributed by atoms with E-state index in [0.717, 1.165) is 11.3 Å². The second-order valence-electron chi connectivity index (χ2n) is 3.41. The lowest BCUT2D eigenvalue weighted by atomic mass is 10.1. The third-order valence-electron chi connectivity index (χ3n) is 2.28. The summed E-state index contributed by atoms with van der Waals surface area (Å²) in [5.41, 5.74) is 8.27. The molecule has 2 rings (SSSR count). The topological polar surface area (TPSA) is 48.0 Å². The molecule has 0 unspecified atom stereocenters. The maximum Gasteiger partial charge on any atom is 0.307 e. The summed E-state index contributed by atoms with van der Waals surface area (Å²) in [6.07, 6.45) is 1.71. The Balaban J connectivity index is 2.55. The van der Waals surface area contributed by atoms with Crippen molar-refractivity contribution in [3.05, 3.63) is 52.0 Å². The number of benzene rings is 1. The summed E-state index contributed by atoms with van der Waals surface area (Å²) in [6, 6.07) is 7.51. The van der Waals surface area contributed by atoms with E-state index in [9.17, 15) is 4.79 Å². The monoisotopic (exact) mass is 232 g/mol. The number of allylic oxidation sites excluding steroid dienone is 1. The molecule has 0 saturated heterocycles. The van der Waals surface area contributed by atoms with Crippen LogP contribution in [0.4, 0.5) is 5.69 Å². The van der Waals surface area contributed by atoms with E-state index < -0.39 is 0 Å². The molecule has 0 spiro atoms. The molecule has 1 aromatic heterocycles. The number of nitrogen functional groups attached to an aromatic ring is 1. The molecule has 0 aliphatic heterocycles. The second kappa shape index (κ2) is 4.37. The van der Waals surface area contributed by atoms with E-state index in [1.165, 1.54) is 11.3 Å². The molecule has 82 valence electrons. The molecular formula is C12H12N2OS. The predicted octanol–water partition coefficient (Wildman–Crippen LogP) is 2.35. The summed E-state index contributed by atoms with van der Waals surface area (Å²) in [7, 11) is 0. The number of thiazole rings is 1. The van der Waals surface area contributed by atoms with Crippen LogP contribution in [0.25, 0.3) is 11.3 Å². The highest BCUT2D eigenvalue weighted by atomic mass is 32.1. The van der Waals surface area contributed by atoms with Crippen molar-refractivity contribution in [1.29, 1.82) is 0 Å². The third-order valence-corrected chi connectivity index (χ3v) is 3.04. The first-order valence-corrected chi connectivity index (χ1v) is 5.75. The van der Waals surface area contributed by atoms with Crippen LogP contribution in [-0.2, 0) is 6.54 Å². The van der Waals surface area contributed by atoms with Gasteiger partial charge in [-0.25, -0.2) is 0 Å². The van der Waals surface area contributed by atoms with Gasteiger partial charge in [0.1, 0.15) is 0 Å². The Kier molecular flexibility index (Phi) is 2.92. The Morgan fingerprint density at radius 2 is 2.31 bits per heavy atom. The van der Waals surface area contributed by atoms with Crippen molar-refractivity contribution in [3.8, 4) is 11.3 Å². The highest BCUT2D eigenvalue weighted by molar-refractivity contribution is 7.07. The highest BCUT2D eigenvalue weighted by Crippen LogP contribution is 2.21. The summed E-state index contributed by atoms with van der Waals surface area (Å²) < 4.78 is 1.69. The van der Waals surface area contributed by atoms with Crippen molar-refractivity contribution in [2.75, 3.05) is 5.73 Å². The molecule has 0 atom stereocenters. The zero-order chi connectivity index (χ0) is 11.5. The van der Waals surface area contributed by atoms with Gasteiger partial charge in [-0.3, -0.25) is 9.36 Å². The molecule has 2 aromatic rings. The molecule has 2 N–H and O–H groups in total. The van der Waals surface area contributed by atoms with Gasteiger partial charge in [-0.1, -0.05) is 29.5 Å². The Hall–Kier alpha value is -1.81. The summed E-state index contributed by atoms with van der Waals surface area (Å²) >= 11 is 1.19. The molecule has 0 aliphatic carbocycles. The zero-order valence-electron chi connectivity index (χ0n) is 8.72. The van der Waals surface area contributed by atoms with Crippen molar-refractivity contribution in [2.45, 2.75) is 6.54 Å². The Morgan fingerprint density at radius 1 is 1.50 bits per heavy atom. The lowest BCUT2D eigenvalue weighted by molar-refractivity contribution is 0.816.